The Hall–Kier alpha value is -1.61. The average molecular weight is 284 g/mol. The van der Waals surface area contributed by atoms with Crippen LogP contribution in [0.4, 0.5) is 0 Å². The van der Waals surface area contributed by atoms with Gasteiger partial charge >= 0.3 is 0 Å². The van der Waals surface area contributed by atoms with E-state index in [0.29, 0.717) is 5.92 Å². The Bertz CT molecular complexity index is 541. The smallest absolute Gasteiger partial charge is 0.0963 e. The van der Waals surface area contributed by atoms with Gasteiger partial charge in [0.05, 0.1) is 17.5 Å². The average Bonchev–Trinajstić information content (AvgIpc) is 2.87. The molecule has 3 nitrogen and oxygen atoms in total. The lowest BCUT2D eigenvalue weighted by atomic mass is 9.92. The van der Waals surface area contributed by atoms with E-state index in [-0.39, 0.29) is 0 Å². The van der Waals surface area contributed by atoms with E-state index >= 15 is 0 Å². The molecule has 2 aromatic rings. The third-order valence-corrected chi connectivity index (χ3v) is 4.55. The van der Waals surface area contributed by atoms with Gasteiger partial charge in [0.1, 0.15) is 0 Å². The predicted molar refractivity (Wildman–Crippen MR) is 84.3 cm³/mol. The van der Waals surface area contributed by atoms with Crippen LogP contribution in [0.2, 0.25) is 0 Å². The van der Waals surface area contributed by atoms with Crippen LogP contribution >= 0.6 is 0 Å². The summed E-state index contributed by atoms with van der Waals surface area (Å²) in [6.45, 7) is 0. The van der Waals surface area contributed by atoms with E-state index in [0.717, 1.165) is 17.8 Å². The highest BCUT2D eigenvalue weighted by atomic mass is 16.3. The molecule has 0 bridgehead atoms. The molecule has 1 aromatic heterocycles. The van der Waals surface area contributed by atoms with Crippen LogP contribution in [0.3, 0.4) is 0 Å². The van der Waals surface area contributed by atoms with E-state index in [4.69, 9.17) is 0 Å². The molecule has 3 rings (SSSR count). The van der Waals surface area contributed by atoms with Crippen LogP contribution < -0.4 is 0 Å². The fourth-order valence-corrected chi connectivity index (χ4v) is 3.39. The number of hydrogen-bond donors (Lipinski definition) is 1. The van der Waals surface area contributed by atoms with Crippen molar-refractivity contribution in [2.75, 3.05) is 0 Å². The molecule has 21 heavy (non-hydrogen) atoms. The van der Waals surface area contributed by atoms with Crippen LogP contribution in [0.15, 0.2) is 42.6 Å². The molecule has 1 aromatic carbocycles. The monoisotopic (exact) mass is 284 g/mol. The zero-order valence-electron chi connectivity index (χ0n) is 12.5. The minimum absolute atomic E-state index is 0.421. The summed E-state index contributed by atoms with van der Waals surface area (Å²) in [6.07, 6.45) is 10.1. The van der Waals surface area contributed by atoms with Crippen molar-refractivity contribution in [2.24, 2.45) is 5.92 Å². The molecule has 1 saturated carbocycles. The van der Waals surface area contributed by atoms with Gasteiger partial charge in [-0.1, -0.05) is 56.7 Å². The van der Waals surface area contributed by atoms with Gasteiger partial charge in [-0.2, -0.15) is 5.10 Å². The molecule has 1 heterocycles. The quantitative estimate of drug-likeness (QED) is 0.852. The Balaban J connectivity index is 1.73. The molecule has 0 amide bonds. The minimum atomic E-state index is -0.421. The summed E-state index contributed by atoms with van der Waals surface area (Å²) < 4.78 is 1.86. The van der Waals surface area contributed by atoms with Gasteiger partial charge in [0.15, 0.2) is 0 Å². The number of benzene rings is 1. The highest BCUT2D eigenvalue weighted by Crippen LogP contribution is 2.31. The molecule has 1 unspecified atom stereocenters. The summed E-state index contributed by atoms with van der Waals surface area (Å²) in [5, 5.41) is 15.0. The van der Waals surface area contributed by atoms with Gasteiger partial charge in [-0.3, -0.25) is 0 Å². The van der Waals surface area contributed by atoms with Crippen LogP contribution in [-0.4, -0.2) is 14.9 Å². The van der Waals surface area contributed by atoms with E-state index in [9.17, 15) is 5.11 Å². The van der Waals surface area contributed by atoms with Crippen molar-refractivity contribution in [2.45, 2.75) is 51.0 Å². The van der Waals surface area contributed by atoms with Crippen molar-refractivity contribution < 1.29 is 5.11 Å². The first-order chi connectivity index (χ1) is 10.3. The van der Waals surface area contributed by atoms with Gasteiger partial charge in [0, 0.05) is 6.20 Å². The van der Waals surface area contributed by atoms with Gasteiger partial charge < -0.3 is 5.11 Å². The lowest BCUT2D eigenvalue weighted by molar-refractivity contribution is 0.132. The number of aliphatic hydroxyl groups is 1. The van der Waals surface area contributed by atoms with Crippen LogP contribution in [0, 0.1) is 5.92 Å². The summed E-state index contributed by atoms with van der Waals surface area (Å²) in [4.78, 5) is 0. The minimum Gasteiger partial charge on any atom is -0.387 e. The molecule has 0 saturated heterocycles. The van der Waals surface area contributed by atoms with Gasteiger partial charge in [0.2, 0.25) is 0 Å². The van der Waals surface area contributed by atoms with E-state index < -0.39 is 6.10 Å². The Morgan fingerprint density at radius 3 is 2.48 bits per heavy atom. The maximum absolute atomic E-state index is 10.6. The van der Waals surface area contributed by atoms with Crippen molar-refractivity contribution >= 4 is 0 Å². The second kappa shape index (κ2) is 6.90. The number of aliphatic hydroxyl groups excluding tert-OH is 1. The van der Waals surface area contributed by atoms with Crippen molar-refractivity contribution in [3.8, 4) is 5.69 Å². The number of aromatic nitrogens is 2. The predicted octanol–water partition coefficient (Wildman–Crippen LogP) is 4.27. The Kier molecular flexibility index (Phi) is 4.71. The Morgan fingerprint density at radius 2 is 1.76 bits per heavy atom. The van der Waals surface area contributed by atoms with Crippen LogP contribution in [0.5, 0.6) is 0 Å². The van der Waals surface area contributed by atoms with E-state index in [1.165, 1.54) is 38.5 Å². The topological polar surface area (TPSA) is 38.1 Å². The third-order valence-electron chi connectivity index (χ3n) is 4.55. The molecule has 112 valence electrons. The van der Waals surface area contributed by atoms with E-state index in [1.807, 2.05) is 41.1 Å². The summed E-state index contributed by atoms with van der Waals surface area (Å²) in [5.41, 5.74) is 1.92. The molecule has 1 aliphatic rings. The fourth-order valence-electron chi connectivity index (χ4n) is 3.39. The maximum Gasteiger partial charge on any atom is 0.0963 e. The molecular formula is C18H24N2O. The highest BCUT2D eigenvalue weighted by Gasteiger charge is 2.20. The SMILES string of the molecule is OC(CC1CCCCCC1)c1ccnn1-c1ccccc1. The molecule has 0 spiro atoms. The normalized spacial score (nSPS) is 18.3. The third kappa shape index (κ3) is 3.53. The first kappa shape index (κ1) is 14.3. The summed E-state index contributed by atoms with van der Waals surface area (Å²) in [6, 6.07) is 12.0. The Labute approximate surface area is 126 Å². The number of hydrogen-bond acceptors (Lipinski definition) is 2. The van der Waals surface area contributed by atoms with E-state index in [1.54, 1.807) is 6.20 Å². The van der Waals surface area contributed by atoms with Crippen molar-refractivity contribution in [3.63, 3.8) is 0 Å². The summed E-state index contributed by atoms with van der Waals surface area (Å²) in [5.74, 6) is 0.654. The Morgan fingerprint density at radius 1 is 1.05 bits per heavy atom. The van der Waals surface area contributed by atoms with Crippen molar-refractivity contribution in [3.05, 3.63) is 48.3 Å². The number of para-hydroxylation sites is 1. The molecule has 0 aliphatic heterocycles. The second-order valence-electron chi connectivity index (χ2n) is 6.11. The first-order valence-electron chi connectivity index (χ1n) is 8.12. The highest BCUT2D eigenvalue weighted by molar-refractivity contribution is 5.32. The lowest BCUT2D eigenvalue weighted by Gasteiger charge is -2.19. The zero-order valence-corrected chi connectivity index (χ0v) is 12.5. The molecular weight excluding hydrogens is 260 g/mol. The standard InChI is InChI=1S/C18H24N2O/c21-18(14-15-8-4-1-2-5-9-15)17-12-13-19-20(17)16-10-6-3-7-11-16/h3,6-7,10-13,15,18,21H,1-2,4-5,8-9,14H2. The number of rotatable bonds is 4. The van der Waals surface area contributed by atoms with Crippen molar-refractivity contribution in [1.29, 1.82) is 0 Å². The summed E-state index contributed by atoms with van der Waals surface area (Å²) in [7, 11) is 0. The summed E-state index contributed by atoms with van der Waals surface area (Å²) >= 11 is 0. The van der Waals surface area contributed by atoms with E-state index in [2.05, 4.69) is 5.10 Å². The molecule has 1 fully saturated rings. The molecule has 0 radical (unpaired) electrons. The van der Waals surface area contributed by atoms with Gasteiger partial charge in [-0.05, 0) is 30.5 Å². The molecule has 1 aliphatic carbocycles. The second-order valence-corrected chi connectivity index (χ2v) is 6.11. The lowest BCUT2D eigenvalue weighted by Crippen LogP contribution is -2.11. The van der Waals surface area contributed by atoms with Crippen LogP contribution in [0.1, 0.15) is 56.7 Å². The molecule has 3 heteroatoms. The maximum atomic E-state index is 10.6. The number of nitrogens with zero attached hydrogens (tertiary/aromatic N) is 2. The van der Waals surface area contributed by atoms with Gasteiger partial charge in [-0.25, -0.2) is 4.68 Å². The largest absolute Gasteiger partial charge is 0.387 e. The molecule has 1 N–H and O–H groups in total. The first-order valence-corrected chi connectivity index (χ1v) is 8.12. The van der Waals surface area contributed by atoms with Crippen LogP contribution in [-0.2, 0) is 0 Å². The van der Waals surface area contributed by atoms with Gasteiger partial charge in [0.25, 0.3) is 0 Å². The fraction of sp³-hybridized carbons (Fsp3) is 0.500. The van der Waals surface area contributed by atoms with Crippen LogP contribution in [0.25, 0.3) is 5.69 Å². The zero-order chi connectivity index (χ0) is 14.5. The van der Waals surface area contributed by atoms with Gasteiger partial charge in [-0.15, -0.1) is 0 Å². The van der Waals surface area contributed by atoms with Crippen molar-refractivity contribution in [1.82, 2.24) is 9.78 Å². The molecule has 1 atom stereocenters.